The Morgan fingerprint density at radius 1 is 1.16 bits per heavy atom. The number of hydrogen-bond acceptors (Lipinski definition) is 6. The van der Waals surface area contributed by atoms with Crippen LogP contribution in [0.3, 0.4) is 0 Å². The highest BCUT2D eigenvalue weighted by molar-refractivity contribution is 5.89. The summed E-state index contributed by atoms with van der Waals surface area (Å²) >= 11 is 0. The molecule has 2 saturated heterocycles. The highest BCUT2D eigenvalue weighted by Crippen LogP contribution is 2.41. The number of rotatable bonds is 7. The number of carbonyl (C=O) groups excluding carboxylic acids is 1. The normalized spacial score (nSPS) is 18.7. The summed E-state index contributed by atoms with van der Waals surface area (Å²) < 4.78 is 61.2. The van der Waals surface area contributed by atoms with Crippen LogP contribution in [0.25, 0.3) is 11.3 Å². The zero-order chi connectivity index (χ0) is 30.8. The molecule has 226 valence electrons. The van der Waals surface area contributed by atoms with Gasteiger partial charge in [0.05, 0.1) is 28.8 Å². The molecule has 0 spiro atoms. The Hall–Kier alpha value is -4.17. The van der Waals surface area contributed by atoms with Gasteiger partial charge in [0.1, 0.15) is 23.3 Å². The van der Waals surface area contributed by atoms with Gasteiger partial charge in [-0.2, -0.15) is 18.4 Å². The summed E-state index contributed by atoms with van der Waals surface area (Å²) in [6, 6.07) is 13.3. The Bertz CT molecular complexity index is 1530. The zero-order valence-corrected chi connectivity index (χ0v) is 24.0. The minimum atomic E-state index is -4.57. The number of aromatic nitrogens is 1. The number of anilines is 1. The van der Waals surface area contributed by atoms with E-state index in [1.54, 1.807) is 24.3 Å². The third-order valence-electron chi connectivity index (χ3n) is 8.40. The van der Waals surface area contributed by atoms with Crippen molar-refractivity contribution in [3.63, 3.8) is 0 Å². The molecule has 3 aromatic rings. The SMILES string of the molecule is CCOc1ccccc1-c1ncc(C2(C(=O)N[C@@H]3CCN(C)C3)CCN(c3ccc(C(F)(F)F)cc3C#N)CC2)cc1F. The van der Waals surface area contributed by atoms with Gasteiger partial charge in [0.25, 0.3) is 0 Å². The topological polar surface area (TPSA) is 81.5 Å². The first-order valence-electron chi connectivity index (χ1n) is 14.3. The van der Waals surface area contributed by atoms with Crippen molar-refractivity contribution in [3.05, 3.63) is 77.2 Å². The average molecular weight is 596 g/mol. The molecule has 0 saturated carbocycles. The van der Waals surface area contributed by atoms with Crippen LogP contribution in [0.15, 0.2) is 54.7 Å². The number of halogens is 4. The number of likely N-dealkylation sites (tertiary alicyclic amines) is 1. The highest BCUT2D eigenvalue weighted by Gasteiger charge is 2.45. The first-order valence-corrected chi connectivity index (χ1v) is 14.3. The summed E-state index contributed by atoms with van der Waals surface area (Å²) in [5.41, 5.74) is -0.697. The van der Waals surface area contributed by atoms with Gasteiger partial charge in [-0.25, -0.2) is 4.39 Å². The number of likely N-dealkylation sites (N-methyl/N-ethyl adjacent to an activating group) is 1. The molecule has 11 heteroatoms. The fourth-order valence-corrected chi connectivity index (χ4v) is 6.07. The van der Waals surface area contributed by atoms with Crippen molar-refractivity contribution in [2.45, 2.75) is 43.8 Å². The number of nitriles is 1. The van der Waals surface area contributed by atoms with Gasteiger partial charge in [-0.05, 0) is 81.7 Å². The van der Waals surface area contributed by atoms with E-state index in [0.29, 0.717) is 35.7 Å². The van der Waals surface area contributed by atoms with Crippen molar-refractivity contribution >= 4 is 11.6 Å². The number of nitrogens with zero attached hydrogens (tertiary/aromatic N) is 4. The number of hydrogen-bond donors (Lipinski definition) is 1. The number of benzene rings is 2. The Kier molecular flexibility index (Phi) is 8.60. The Labute approximate surface area is 248 Å². The van der Waals surface area contributed by atoms with Crippen LogP contribution in [0.5, 0.6) is 5.75 Å². The van der Waals surface area contributed by atoms with Crippen molar-refractivity contribution < 1.29 is 27.1 Å². The number of piperidine rings is 1. The van der Waals surface area contributed by atoms with E-state index >= 15 is 4.39 Å². The van der Waals surface area contributed by atoms with Gasteiger partial charge in [-0.3, -0.25) is 9.78 Å². The molecule has 3 heterocycles. The van der Waals surface area contributed by atoms with Gasteiger partial charge >= 0.3 is 6.18 Å². The van der Waals surface area contributed by atoms with E-state index in [0.717, 1.165) is 25.1 Å². The lowest BCUT2D eigenvalue weighted by molar-refractivity contribution is -0.137. The van der Waals surface area contributed by atoms with Gasteiger partial charge in [-0.1, -0.05) is 12.1 Å². The third-order valence-corrected chi connectivity index (χ3v) is 8.40. The van der Waals surface area contributed by atoms with E-state index < -0.39 is 23.0 Å². The highest BCUT2D eigenvalue weighted by atomic mass is 19.4. The van der Waals surface area contributed by atoms with Crippen molar-refractivity contribution in [3.8, 4) is 23.1 Å². The van der Waals surface area contributed by atoms with E-state index in [9.17, 15) is 23.2 Å². The van der Waals surface area contributed by atoms with Gasteiger partial charge in [0.2, 0.25) is 5.91 Å². The number of carbonyl (C=O) groups is 1. The smallest absolute Gasteiger partial charge is 0.416 e. The molecular formula is C32H33F4N5O2. The molecule has 2 aliphatic heterocycles. The molecule has 0 radical (unpaired) electrons. The van der Waals surface area contributed by atoms with Crippen LogP contribution in [0.1, 0.15) is 42.9 Å². The number of amides is 1. The van der Waals surface area contributed by atoms with Crippen molar-refractivity contribution in [1.82, 2.24) is 15.2 Å². The predicted molar refractivity (Wildman–Crippen MR) is 154 cm³/mol. The molecule has 1 N–H and O–H groups in total. The largest absolute Gasteiger partial charge is 0.493 e. The van der Waals surface area contributed by atoms with Crippen LogP contribution in [0.2, 0.25) is 0 Å². The van der Waals surface area contributed by atoms with Crippen LogP contribution in [-0.4, -0.2) is 61.7 Å². The summed E-state index contributed by atoms with van der Waals surface area (Å²) in [5, 5.41) is 12.8. The maximum absolute atomic E-state index is 15.8. The number of ether oxygens (including phenoxy) is 1. The molecule has 1 atom stereocenters. The van der Waals surface area contributed by atoms with Crippen molar-refractivity contribution in [2.75, 3.05) is 44.7 Å². The average Bonchev–Trinajstić information content (AvgIpc) is 3.41. The summed E-state index contributed by atoms with van der Waals surface area (Å²) in [4.78, 5) is 22.4. The Morgan fingerprint density at radius 3 is 2.53 bits per heavy atom. The molecule has 0 unspecified atom stereocenters. The summed E-state index contributed by atoms with van der Waals surface area (Å²) in [5.74, 6) is -0.321. The molecule has 2 aromatic carbocycles. The predicted octanol–water partition coefficient (Wildman–Crippen LogP) is 5.54. The monoisotopic (exact) mass is 595 g/mol. The van der Waals surface area contributed by atoms with E-state index in [1.807, 2.05) is 24.9 Å². The van der Waals surface area contributed by atoms with Crippen LogP contribution in [-0.2, 0) is 16.4 Å². The fraction of sp³-hybridized carbons (Fsp3) is 0.406. The van der Waals surface area contributed by atoms with E-state index in [1.165, 1.54) is 18.3 Å². The van der Waals surface area contributed by atoms with E-state index in [4.69, 9.17) is 4.74 Å². The molecule has 1 aromatic heterocycles. The van der Waals surface area contributed by atoms with Gasteiger partial charge in [0.15, 0.2) is 0 Å². The number of nitrogens with one attached hydrogen (secondary N) is 1. The molecule has 5 rings (SSSR count). The lowest BCUT2D eigenvalue weighted by Crippen LogP contribution is -2.54. The summed E-state index contributed by atoms with van der Waals surface area (Å²) in [6.07, 6.45) is -1.73. The Balaban J connectivity index is 1.47. The van der Waals surface area contributed by atoms with Crippen LogP contribution in [0.4, 0.5) is 23.2 Å². The number of alkyl halides is 3. The lowest BCUT2D eigenvalue weighted by atomic mass is 9.72. The second-order valence-corrected chi connectivity index (χ2v) is 11.1. The molecular weight excluding hydrogens is 562 g/mol. The van der Waals surface area contributed by atoms with Gasteiger partial charge in [-0.15, -0.1) is 0 Å². The minimum Gasteiger partial charge on any atom is -0.493 e. The molecule has 1 amide bonds. The van der Waals surface area contributed by atoms with Crippen LogP contribution in [0, 0.1) is 17.1 Å². The van der Waals surface area contributed by atoms with E-state index in [2.05, 4.69) is 15.2 Å². The van der Waals surface area contributed by atoms with Crippen LogP contribution >= 0.6 is 0 Å². The molecule has 2 fully saturated rings. The molecule has 7 nitrogen and oxygen atoms in total. The zero-order valence-electron chi connectivity index (χ0n) is 24.0. The molecule has 0 bridgehead atoms. The first kappa shape index (κ1) is 30.3. The van der Waals surface area contributed by atoms with Crippen molar-refractivity contribution in [2.24, 2.45) is 0 Å². The molecule has 2 aliphatic rings. The van der Waals surface area contributed by atoms with Gasteiger partial charge in [0, 0.05) is 37.4 Å². The lowest BCUT2D eigenvalue weighted by Gasteiger charge is -2.42. The fourth-order valence-electron chi connectivity index (χ4n) is 6.07. The van der Waals surface area contributed by atoms with E-state index in [-0.39, 0.29) is 49.1 Å². The van der Waals surface area contributed by atoms with Gasteiger partial charge < -0.3 is 19.9 Å². The maximum Gasteiger partial charge on any atom is 0.416 e. The first-order chi connectivity index (χ1) is 20.6. The second kappa shape index (κ2) is 12.2. The number of para-hydroxylation sites is 1. The van der Waals surface area contributed by atoms with Crippen LogP contribution < -0.4 is 15.0 Å². The second-order valence-electron chi connectivity index (χ2n) is 11.1. The van der Waals surface area contributed by atoms with Crippen molar-refractivity contribution in [1.29, 1.82) is 5.26 Å². The Morgan fingerprint density at radius 2 is 1.91 bits per heavy atom. The maximum atomic E-state index is 15.8. The third kappa shape index (κ3) is 6.15. The standard InChI is InChI=1S/C32H33F4N5O2/c1-3-43-28-7-5-4-6-25(28)29-26(33)17-23(19-38-29)31(30(42)39-24-10-13-40(2)20-24)11-14-41(15-12-31)27-9-8-22(32(34,35)36)16-21(27)18-37/h4-9,16-17,19,24H,3,10-15,20H2,1-2H3,(H,39,42)/t24-/m1/s1. The quantitative estimate of drug-likeness (QED) is 0.362. The summed E-state index contributed by atoms with van der Waals surface area (Å²) in [7, 11) is 1.98. The molecule has 43 heavy (non-hydrogen) atoms. The molecule has 0 aliphatic carbocycles. The minimum absolute atomic E-state index is 0.0531. The number of pyridine rings is 1. The summed E-state index contributed by atoms with van der Waals surface area (Å²) in [6.45, 7) is 4.33.